The molecule has 0 unspecified atom stereocenters. The highest BCUT2D eigenvalue weighted by Crippen LogP contribution is 2.08. The van der Waals surface area contributed by atoms with Gasteiger partial charge in [-0.2, -0.15) is 0 Å². The van der Waals surface area contributed by atoms with Crippen LogP contribution in [0.4, 0.5) is 4.79 Å². The predicted octanol–water partition coefficient (Wildman–Crippen LogP) is 1.97. The van der Waals surface area contributed by atoms with E-state index in [1.54, 1.807) is 27.7 Å². The van der Waals surface area contributed by atoms with Crippen molar-refractivity contribution in [3.63, 3.8) is 0 Å². The van der Waals surface area contributed by atoms with E-state index in [4.69, 9.17) is 8.85 Å². The summed E-state index contributed by atoms with van der Waals surface area (Å²) in [5.74, 6) is -0.595. The zero-order valence-electron chi connectivity index (χ0n) is 13.6. The molecule has 0 aliphatic heterocycles. The van der Waals surface area contributed by atoms with Crippen LogP contribution in [0.3, 0.4) is 0 Å². The first-order chi connectivity index (χ1) is 8.97. The highest BCUT2D eigenvalue weighted by atomic mass is 16.6. The minimum absolute atomic E-state index is 0.220. The van der Waals surface area contributed by atoms with Gasteiger partial charge in [-0.25, -0.2) is 9.59 Å². The fourth-order valence-electron chi connectivity index (χ4n) is 0.836. The molecule has 0 saturated carbocycles. The molecule has 0 aliphatic rings. The molecule has 0 radical (unpaired) electrons. The Balaban J connectivity index is 4.76. The highest BCUT2D eigenvalue weighted by Gasteiger charge is 2.18. The van der Waals surface area contributed by atoms with Crippen LogP contribution in [-0.4, -0.2) is 42.7 Å². The van der Waals surface area contributed by atoms with E-state index in [1.807, 2.05) is 0 Å². The van der Waals surface area contributed by atoms with Gasteiger partial charge in [0.1, 0.15) is 5.60 Å². The van der Waals surface area contributed by atoms with Gasteiger partial charge in [0.25, 0.3) is 0 Å². The molecular formula is C12H21NO4. The van der Waals surface area contributed by atoms with Crippen LogP contribution in [0.1, 0.15) is 31.8 Å². The Hall–Kier alpha value is -1.52. The van der Waals surface area contributed by atoms with Crippen LogP contribution in [0, 0.1) is 0 Å². The molecule has 0 aromatic rings. The van der Waals surface area contributed by atoms with Crippen molar-refractivity contribution >= 4 is 12.1 Å². The summed E-state index contributed by atoms with van der Waals surface area (Å²) >= 11 is 0. The zero-order valence-corrected chi connectivity index (χ0v) is 10.6. The number of carbonyl (C=O) groups is 2. The maximum atomic E-state index is 11.8. The van der Waals surface area contributed by atoms with E-state index >= 15 is 0 Å². The van der Waals surface area contributed by atoms with Gasteiger partial charge in [0, 0.05) is 23.7 Å². The lowest BCUT2D eigenvalue weighted by atomic mass is 10.2. The van der Waals surface area contributed by atoms with E-state index in [1.165, 1.54) is 6.08 Å². The number of hydrogen-bond donors (Lipinski definition) is 0. The Bertz CT molecular complexity index is 372. The van der Waals surface area contributed by atoms with Gasteiger partial charge in [0.2, 0.25) is 0 Å². The van der Waals surface area contributed by atoms with Crippen molar-refractivity contribution in [3.8, 4) is 0 Å². The van der Waals surface area contributed by atoms with Crippen LogP contribution in [-0.2, 0) is 14.3 Å². The van der Waals surface area contributed by atoms with Crippen LogP contribution < -0.4 is 0 Å². The first-order valence-electron chi connectivity index (χ1n) is 6.81. The van der Waals surface area contributed by atoms with Crippen molar-refractivity contribution in [2.24, 2.45) is 0 Å². The first-order valence-corrected chi connectivity index (χ1v) is 5.31. The van der Waals surface area contributed by atoms with Crippen molar-refractivity contribution in [1.29, 1.82) is 0 Å². The number of nitrogens with zero attached hydrogens (tertiary/aromatic N) is 1. The van der Waals surface area contributed by atoms with Crippen molar-refractivity contribution in [3.05, 3.63) is 12.2 Å². The fourth-order valence-corrected chi connectivity index (χ4v) is 0.836. The van der Waals surface area contributed by atoms with Crippen molar-refractivity contribution < 1.29 is 23.2 Å². The average molecular weight is 246 g/mol. The first kappa shape index (κ1) is 10.6. The van der Waals surface area contributed by atoms with Crippen LogP contribution >= 0.6 is 0 Å². The molecule has 0 aromatic carbocycles. The molecule has 0 N–H and O–H groups in total. The number of carbonyl (C=O) groups excluding carboxylic acids is 2. The van der Waals surface area contributed by atoms with Gasteiger partial charge in [-0.05, 0) is 27.7 Å². The lowest BCUT2D eigenvalue weighted by molar-refractivity contribution is -0.137. The van der Waals surface area contributed by atoms with Gasteiger partial charge < -0.3 is 14.4 Å². The summed E-state index contributed by atoms with van der Waals surface area (Å²) in [7, 11) is 0. The second-order valence-electron chi connectivity index (χ2n) is 4.25. The van der Waals surface area contributed by atoms with Gasteiger partial charge in [-0.15, -0.1) is 0 Å². The maximum Gasteiger partial charge on any atom is 0.410 e. The fraction of sp³-hybridized carbons (Fsp3) is 0.667. The number of esters is 1. The van der Waals surface area contributed by atoms with E-state index in [-0.39, 0.29) is 13.2 Å². The Kier molecular flexibility index (Phi) is 4.33. The molecule has 0 bridgehead atoms. The number of ether oxygens (including phenoxy) is 2. The van der Waals surface area contributed by atoms with E-state index in [0.29, 0.717) is 4.90 Å². The van der Waals surface area contributed by atoms with E-state index < -0.39 is 24.6 Å². The van der Waals surface area contributed by atoms with E-state index in [2.05, 4.69) is 4.74 Å². The van der Waals surface area contributed by atoms with Gasteiger partial charge in [0.05, 0.1) is 6.61 Å². The molecule has 98 valence electrons. The molecule has 0 aliphatic carbocycles. The minimum atomic E-state index is -2.65. The third-order valence-electron chi connectivity index (χ3n) is 1.44. The Morgan fingerprint density at radius 2 is 2.06 bits per heavy atom. The number of rotatable bonds is 4. The van der Waals surface area contributed by atoms with E-state index in [0.717, 1.165) is 6.08 Å². The lowest BCUT2D eigenvalue weighted by Crippen LogP contribution is -2.34. The smallest absolute Gasteiger partial charge is 0.410 e. The molecule has 0 spiro atoms. The number of hydrogen-bond acceptors (Lipinski definition) is 4. The average Bonchev–Trinajstić information content (AvgIpc) is 2.20. The SMILES string of the molecule is [2H]C([2H])([2H])N(C/C=C/C(=O)OCC)C(=O)OC(C)(C)C. The molecule has 0 aromatic heterocycles. The molecule has 17 heavy (non-hydrogen) atoms. The van der Waals surface area contributed by atoms with Crippen LogP contribution in [0.15, 0.2) is 12.2 Å². The standard InChI is InChI=1S/C12H21NO4/c1-6-16-10(14)8-7-9-13(5)11(15)17-12(2,3)4/h7-8H,6,9H2,1-5H3/b8-7+/i5D3. The summed E-state index contributed by atoms with van der Waals surface area (Å²) in [6.45, 7) is 3.86. The molecule has 0 atom stereocenters. The van der Waals surface area contributed by atoms with Gasteiger partial charge >= 0.3 is 12.1 Å². The van der Waals surface area contributed by atoms with Crippen LogP contribution in [0.2, 0.25) is 0 Å². The molecule has 0 saturated heterocycles. The predicted molar refractivity (Wildman–Crippen MR) is 64.6 cm³/mol. The second-order valence-corrected chi connectivity index (χ2v) is 4.25. The maximum absolute atomic E-state index is 11.8. The third kappa shape index (κ3) is 8.30. The zero-order chi connectivity index (χ0) is 16.0. The van der Waals surface area contributed by atoms with E-state index in [9.17, 15) is 9.59 Å². The van der Waals surface area contributed by atoms with Gasteiger partial charge in [-0.3, -0.25) is 0 Å². The molecule has 5 nitrogen and oxygen atoms in total. The molecule has 0 heterocycles. The lowest BCUT2D eigenvalue weighted by Gasteiger charge is -2.23. The molecule has 0 rings (SSSR count). The molecule has 0 fully saturated rings. The quantitative estimate of drug-likeness (QED) is 0.562. The summed E-state index contributed by atoms with van der Waals surface area (Å²) in [4.78, 5) is 23.5. The second kappa shape index (κ2) is 6.93. The van der Waals surface area contributed by atoms with Gasteiger partial charge in [-0.1, -0.05) is 6.08 Å². The normalized spacial score (nSPS) is 14.7. The third-order valence-corrected chi connectivity index (χ3v) is 1.44. The number of amides is 1. The molecule has 5 heteroatoms. The Morgan fingerprint density at radius 3 is 2.53 bits per heavy atom. The van der Waals surface area contributed by atoms with Gasteiger partial charge in [0.15, 0.2) is 0 Å². The van der Waals surface area contributed by atoms with Crippen LogP contribution in [0.5, 0.6) is 0 Å². The minimum Gasteiger partial charge on any atom is -0.463 e. The summed E-state index contributed by atoms with van der Waals surface area (Å²) in [6.07, 6.45) is 1.35. The largest absolute Gasteiger partial charge is 0.463 e. The Labute approximate surface area is 107 Å². The topological polar surface area (TPSA) is 55.8 Å². The molecular weight excluding hydrogens is 222 g/mol. The summed E-state index contributed by atoms with van der Waals surface area (Å²) in [5, 5.41) is 0. The molecule has 1 amide bonds. The van der Waals surface area contributed by atoms with Crippen molar-refractivity contribution in [1.82, 2.24) is 4.90 Å². The number of likely N-dealkylation sites (N-methyl/N-ethyl adjacent to an activating group) is 1. The monoisotopic (exact) mass is 246 g/mol. The van der Waals surface area contributed by atoms with Crippen LogP contribution in [0.25, 0.3) is 0 Å². The van der Waals surface area contributed by atoms with Crippen molar-refractivity contribution in [2.75, 3.05) is 20.1 Å². The summed E-state index contributed by atoms with van der Waals surface area (Å²) in [5.41, 5.74) is -0.800. The summed E-state index contributed by atoms with van der Waals surface area (Å²) in [6, 6.07) is 0. The highest BCUT2D eigenvalue weighted by molar-refractivity contribution is 5.82. The van der Waals surface area contributed by atoms with Crippen molar-refractivity contribution in [2.45, 2.75) is 33.3 Å². The Morgan fingerprint density at radius 1 is 1.41 bits per heavy atom. The summed E-state index contributed by atoms with van der Waals surface area (Å²) < 4.78 is 31.6.